The number of imidazole rings is 1. The van der Waals surface area contributed by atoms with Crippen molar-refractivity contribution in [2.24, 2.45) is 0 Å². The number of nitrogens with zero attached hydrogens (tertiary/aromatic N) is 5. The van der Waals surface area contributed by atoms with E-state index in [0.29, 0.717) is 25.9 Å². The van der Waals surface area contributed by atoms with Crippen molar-refractivity contribution in [1.29, 1.82) is 0 Å². The number of nitrogens with two attached hydrogens (primary N) is 1. The quantitative estimate of drug-likeness (QED) is 0.0743. The molecule has 0 aliphatic carbocycles. The van der Waals surface area contributed by atoms with Gasteiger partial charge in [0.15, 0.2) is 25.7 Å². The Morgan fingerprint density at radius 1 is 0.981 bits per heavy atom. The van der Waals surface area contributed by atoms with Crippen molar-refractivity contribution < 1.29 is 63.9 Å². The number of aromatic nitrogens is 4. The molecule has 5 N–H and O–H groups in total. The molecule has 1 fully saturated rings. The van der Waals surface area contributed by atoms with Gasteiger partial charge in [0.05, 0.1) is 26.1 Å². The molecule has 1 saturated heterocycles. The normalized spacial score (nSPS) is 22.7. The van der Waals surface area contributed by atoms with Crippen LogP contribution in [-0.4, -0.2) is 127 Å². The number of hydrogen-bond acceptors (Lipinski definition) is 18. The highest BCUT2D eigenvalue weighted by Crippen LogP contribution is 2.60. The minimum absolute atomic E-state index is 0.0336. The zero-order chi connectivity index (χ0) is 39.9. The number of H-pyrrole nitrogens is 1. The second kappa shape index (κ2) is 19.1. The number of phosphoric acid groups is 2. The lowest BCUT2D eigenvalue weighted by atomic mass is 10.1. The van der Waals surface area contributed by atoms with Crippen LogP contribution in [0.4, 0.5) is 5.95 Å². The fraction of sp³-hybridized carbons (Fsp3) is 0.808. The molecule has 0 aromatic carbocycles. The number of nitrogen functional groups attached to an aromatic ring is 1. The van der Waals surface area contributed by atoms with Gasteiger partial charge < -0.3 is 24.7 Å². The molecular weight excluding hydrogens is 802 g/mol. The van der Waals surface area contributed by atoms with Crippen LogP contribution in [0.1, 0.15) is 39.8 Å². The first-order valence-electron chi connectivity index (χ1n) is 16.3. The molecule has 0 radical (unpaired) electrons. The van der Waals surface area contributed by atoms with Gasteiger partial charge in [-0.2, -0.15) is 4.98 Å². The number of aromatic amines is 1. The number of ether oxygens (including phenoxy) is 1. The van der Waals surface area contributed by atoms with Crippen molar-refractivity contribution in [3.63, 3.8) is 0 Å². The molecular formula is C26H51N7O15P4Si+2. The van der Waals surface area contributed by atoms with E-state index >= 15 is 0 Å². The maximum Gasteiger partial charge on any atom is 0.705 e. The Bertz CT molecular complexity index is 1720. The third-order valence-electron chi connectivity index (χ3n) is 8.23. The summed E-state index contributed by atoms with van der Waals surface area (Å²) in [5, 5.41) is -0.443. The molecule has 0 saturated carbocycles. The van der Waals surface area contributed by atoms with Crippen LogP contribution in [0.3, 0.4) is 0 Å². The standard InChI is InChI=1S/C26H49N7O15P4Si/c1-26(2,3)53(8,9)46-21-20(45-52(40,48-50(37)38)42-15-11-13-32(6)7)18(16-43-51(39,47-49(35)36)41-14-10-12-31(4)5)44-24(21)33-17-28-19-22(33)29-25(27)30-23(19)34/h17-18,20-21,24H,10-16H2,1-9H3,(H3-2,27,29,30,34,35,36,37,38)/p+2. The van der Waals surface area contributed by atoms with Crippen LogP contribution in [0.15, 0.2) is 11.1 Å². The molecule has 8 unspecified atom stereocenters. The van der Waals surface area contributed by atoms with E-state index in [0.717, 1.165) is 0 Å². The van der Waals surface area contributed by atoms with Crippen LogP contribution >= 0.6 is 32.2 Å². The second-order valence-corrected chi connectivity index (χ2v) is 23.9. The monoisotopic (exact) mass is 853 g/mol. The molecule has 53 heavy (non-hydrogen) atoms. The van der Waals surface area contributed by atoms with Gasteiger partial charge in [0.25, 0.3) is 5.56 Å². The Labute approximate surface area is 310 Å². The Morgan fingerprint density at radius 3 is 2.06 bits per heavy atom. The summed E-state index contributed by atoms with van der Waals surface area (Å²) >= 11 is 0. The predicted molar refractivity (Wildman–Crippen MR) is 195 cm³/mol. The molecule has 3 heterocycles. The molecule has 2 aromatic heterocycles. The van der Waals surface area contributed by atoms with Crippen molar-refractivity contribution in [3.05, 3.63) is 16.7 Å². The largest absolute Gasteiger partial charge is 0.705 e. The topological polar surface area (TPSA) is 279 Å². The molecule has 27 heteroatoms. The fourth-order valence-corrected chi connectivity index (χ4v) is 9.82. The fourth-order valence-electron chi connectivity index (χ4n) is 4.72. The molecule has 302 valence electrons. The highest BCUT2D eigenvalue weighted by Gasteiger charge is 2.56. The number of hydrogen-bond donors (Lipinski definition) is 4. The summed E-state index contributed by atoms with van der Waals surface area (Å²) in [5.41, 5.74) is 5.06. The van der Waals surface area contributed by atoms with E-state index in [1.165, 1.54) is 10.9 Å². The van der Waals surface area contributed by atoms with Gasteiger partial charge in [-0.05, 0) is 80.9 Å². The summed E-state index contributed by atoms with van der Waals surface area (Å²) in [4.78, 5) is 46.3. The molecule has 0 amide bonds. The summed E-state index contributed by atoms with van der Waals surface area (Å²) < 4.78 is 97.7. The van der Waals surface area contributed by atoms with Gasteiger partial charge in [0.1, 0.15) is 18.3 Å². The van der Waals surface area contributed by atoms with Gasteiger partial charge in [-0.3, -0.25) is 32.4 Å². The SMILES string of the molecule is CN(C)CCCOP(=O)(OCC1OC(n2cnc3c(=O)[nH]c(N)nc32)C(O[Si](C)(C)C(C)(C)C)C1OP(=O)(OCCCN(C)C)O[P+](=O)O)O[P+](=O)O. The molecule has 0 bridgehead atoms. The average Bonchev–Trinajstić information content (AvgIpc) is 3.56. The van der Waals surface area contributed by atoms with Gasteiger partial charge in [0.2, 0.25) is 5.95 Å². The Balaban J connectivity index is 2.15. The van der Waals surface area contributed by atoms with E-state index in [1.54, 1.807) is 28.2 Å². The van der Waals surface area contributed by atoms with Gasteiger partial charge in [-0.1, -0.05) is 20.8 Å². The number of nitrogens with one attached hydrogen (secondary N) is 1. The molecule has 2 aromatic rings. The summed E-state index contributed by atoms with van der Waals surface area (Å²) in [6, 6.07) is 0. The van der Waals surface area contributed by atoms with Gasteiger partial charge in [-0.25, -0.2) is 14.1 Å². The second-order valence-electron chi connectivity index (χ2n) is 14.1. The zero-order valence-corrected chi connectivity index (χ0v) is 35.7. The van der Waals surface area contributed by atoms with E-state index < -0.39 is 82.2 Å². The number of phosphoric ester groups is 2. The smallest absolute Gasteiger partial charge is 0.407 e. The van der Waals surface area contributed by atoms with Gasteiger partial charge >= 0.3 is 32.2 Å². The lowest BCUT2D eigenvalue weighted by Gasteiger charge is -2.40. The lowest BCUT2D eigenvalue weighted by molar-refractivity contribution is -0.0497. The van der Waals surface area contributed by atoms with Crippen LogP contribution in [0, 0.1) is 0 Å². The van der Waals surface area contributed by atoms with E-state index in [-0.39, 0.29) is 30.3 Å². The highest BCUT2D eigenvalue weighted by atomic mass is 31.2. The molecule has 22 nitrogen and oxygen atoms in total. The van der Waals surface area contributed by atoms with Crippen molar-refractivity contribution >= 4 is 57.6 Å². The summed E-state index contributed by atoms with van der Waals surface area (Å²) in [6.45, 7) is 9.46. The van der Waals surface area contributed by atoms with Crippen molar-refractivity contribution in [2.45, 2.75) is 76.3 Å². The van der Waals surface area contributed by atoms with Gasteiger partial charge in [0, 0.05) is 9.13 Å². The molecule has 0 spiro atoms. The number of anilines is 1. The van der Waals surface area contributed by atoms with Gasteiger partial charge in [-0.15, -0.1) is 9.79 Å². The number of rotatable bonds is 22. The van der Waals surface area contributed by atoms with E-state index in [2.05, 4.69) is 15.0 Å². The Morgan fingerprint density at radius 2 is 1.53 bits per heavy atom. The summed E-state index contributed by atoms with van der Waals surface area (Å²) in [7, 11) is -12.4. The average molecular weight is 854 g/mol. The van der Waals surface area contributed by atoms with Crippen LogP contribution < -0.4 is 11.3 Å². The summed E-state index contributed by atoms with van der Waals surface area (Å²) in [6.07, 6.45) is -3.78. The van der Waals surface area contributed by atoms with Crippen molar-refractivity contribution in [1.82, 2.24) is 29.3 Å². The van der Waals surface area contributed by atoms with E-state index in [4.69, 9.17) is 41.6 Å². The lowest BCUT2D eigenvalue weighted by Crippen LogP contribution is -2.49. The van der Waals surface area contributed by atoms with Crippen LogP contribution in [-0.2, 0) is 54.1 Å². The van der Waals surface area contributed by atoms with Crippen molar-refractivity contribution in [2.75, 3.05) is 66.8 Å². The minimum Gasteiger partial charge on any atom is -0.407 e. The Hall–Kier alpha value is -1.45. The first-order chi connectivity index (χ1) is 24.5. The van der Waals surface area contributed by atoms with Crippen LogP contribution in [0.2, 0.25) is 18.1 Å². The third kappa shape index (κ3) is 13.3. The number of fused-ring (bicyclic) bond motifs is 1. The third-order valence-corrected chi connectivity index (χ3v) is 17.4. The first kappa shape index (κ1) is 45.9. The highest BCUT2D eigenvalue weighted by molar-refractivity contribution is 7.56. The maximum absolute atomic E-state index is 14.1. The van der Waals surface area contributed by atoms with Crippen LogP contribution in [0.25, 0.3) is 11.2 Å². The minimum atomic E-state index is -4.94. The molecule has 1 aliphatic rings. The predicted octanol–water partition coefficient (Wildman–Crippen LogP) is 3.88. The molecule has 1 aliphatic heterocycles. The van der Waals surface area contributed by atoms with E-state index in [9.17, 15) is 32.8 Å². The summed E-state index contributed by atoms with van der Waals surface area (Å²) in [5.74, 6) is -0.241. The Kier molecular flexibility index (Phi) is 16.6. The maximum atomic E-state index is 14.1. The first-order valence-corrected chi connectivity index (χ1v) is 24.4. The molecule has 3 rings (SSSR count). The van der Waals surface area contributed by atoms with E-state index in [1.807, 2.05) is 43.7 Å². The molecule has 8 atom stereocenters. The van der Waals surface area contributed by atoms with Crippen molar-refractivity contribution in [3.8, 4) is 0 Å². The zero-order valence-electron chi connectivity index (χ0n) is 31.1. The van der Waals surface area contributed by atoms with Crippen LogP contribution in [0.5, 0.6) is 0 Å².